The molecule has 3 heterocycles. The highest BCUT2D eigenvalue weighted by Gasteiger charge is 2.18. The predicted molar refractivity (Wildman–Crippen MR) is 188 cm³/mol. The molecular formula is C42H26N2O. The molecule has 0 unspecified atom stereocenters. The maximum absolute atomic E-state index is 6.49. The molecule has 0 amide bonds. The minimum absolute atomic E-state index is 0.907. The normalized spacial score (nSPS) is 12.0. The number of rotatable bonds is 3. The lowest BCUT2D eigenvalue weighted by atomic mass is 10.0. The monoisotopic (exact) mass is 574 g/mol. The highest BCUT2D eigenvalue weighted by Crippen LogP contribution is 2.40. The summed E-state index contributed by atoms with van der Waals surface area (Å²) in [6, 6.07) is 56.5. The summed E-state index contributed by atoms with van der Waals surface area (Å²) in [7, 11) is 0. The van der Waals surface area contributed by atoms with Crippen LogP contribution >= 0.6 is 0 Å². The van der Waals surface area contributed by atoms with Crippen molar-refractivity contribution in [1.82, 2.24) is 9.13 Å². The van der Waals surface area contributed by atoms with Crippen LogP contribution in [-0.2, 0) is 0 Å². The SMILES string of the molecule is c1ccc(-n2c3ccccc3c3ccc(-c4ccc5c(c4)c4ccccc4n5-c4cccc5c4oc4ccccc45)cc32)cc1. The highest BCUT2D eigenvalue weighted by molar-refractivity contribution is 6.14. The molecule has 3 heteroatoms. The molecular weight excluding hydrogens is 548 g/mol. The topological polar surface area (TPSA) is 23.0 Å². The Kier molecular flexibility index (Phi) is 5.00. The van der Waals surface area contributed by atoms with Gasteiger partial charge in [0.15, 0.2) is 5.58 Å². The second kappa shape index (κ2) is 9.22. The molecule has 0 atom stereocenters. The first-order valence-electron chi connectivity index (χ1n) is 15.4. The number of hydrogen-bond donors (Lipinski definition) is 0. The molecule has 210 valence electrons. The van der Waals surface area contributed by atoms with Gasteiger partial charge in [0.2, 0.25) is 0 Å². The lowest BCUT2D eigenvalue weighted by molar-refractivity contribution is 0.666. The molecule has 0 radical (unpaired) electrons. The molecule has 0 bridgehead atoms. The van der Waals surface area contributed by atoms with Gasteiger partial charge in [-0.05, 0) is 65.7 Å². The zero-order valence-corrected chi connectivity index (χ0v) is 24.3. The van der Waals surface area contributed by atoms with Crippen molar-refractivity contribution in [2.45, 2.75) is 0 Å². The summed E-state index contributed by atoms with van der Waals surface area (Å²) in [5.74, 6) is 0. The second-order valence-corrected chi connectivity index (χ2v) is 11.8. The molecule has 10 rings (SSSR count). The lowest BCUT2D eigenvalue weighted by Gasteiger charge is -2.10. The zero-order chi connectivity index (χ0) is 29.5. The second-order valence-electron chi connectivity index (χ2n) is 11.8. The Hall–Kier alpha value is -6.06. The maximum Gasteiger partial charge on any atom is 0.159 e. The average molecular weight is 575 g/mol. The van der Waals surface area contributed by atoms with E-state index in [1.165, 1.54) is 49.4 Å². The summed E-state index contributed by atoms with van der Waals surface area (Å²) in [5.41, 5.74) is 11.2. The fourth-order valence-corrected chi connectivity index (χ4v) is 7.33. The molecule has 0 aliphatic heterocycles. The third-order valence-corrected chi connectivity index (χ3v) is 9.32. The Labute approximate surface area is 258 Å². The maximum atomic E-state index is 6.49. The quantitative estimate of drug-likeness (QED) is 0.206. The molecule has 45 heavy (non-hydrogen) atoms. The van der Waals surface area contributed by atoms with E-state index in [1.807, 2.05) is 12.1 Å². The van der Waals surface area contributed by atoms with Gasteiger partial charge in [0, 0.05) is 38.0 Å². The molecule has 0 aliphatic carbocycles. The molecule has 0 aliphatic rings. The first kappa shape index (κ1) is 24.4. The van der Waals surface area contributed by atoms with E-state index in [1.54, 1.807) is 0 Å². The van der Waals surface area contributed by atoms with Crippen LogP contribution in [0.5, 0.6) is 0 Å². The van der Waals surface area contributed by atoms with Crippen LogP contribution in [0.15, 0.2) is 162 Å². The number of furan rings is 1. The van der Waals surface area contributed by atoms with Gasteiger partial charge in [-0.25, -0.2) is 0 Å². The van der Waals surface area contributed by atoms with Crippen molar-refractivity contribution in [2.75, 3.05) is 0 Å². The van der Waals surface area contributed by atoms with Gasteiger partial charge in [-0.15, -0.1) is 0 Å². The van der Waals surface area contributed by atoms with Crippen LogP contribution in [0.4, 0.5) is 0 Å². The van der Waals surface area contributed by atoms with E-state index in [2.05, 4.69) is 155 Å². The number of aromatic nitrogens is 2. The molecule has 0 saturated heterocycles. The van der Waals surface area contributed by atoms with Crippen molar-refractivity contribution in [1.29, 1.82) is 0 Å². The van der Waals surface area contributed by atoms with E-state index < -0.39 is 0 Å². The third kappa shape index (κ3) is 3.46. The van der Waals surface area contributed by atoms with Crippen LogP contribution in [0, 0.1) is 0 Å². The molecule has 0 spiro atoms. The van der Waals surface area contributed by atoms with Crippen molar-refractivity contribution in [3.63, 3.8) is 0 Å². The minimum atomic E-state index is 0.907. The van der Waals surface area contributed by atoms with Gasteiger partial charge in [0.05, 0.1) is 27.8 Å². The van der Waals surface area contributed by atoms with Gasteiger partial charge in [-0.3, -0.25) is 0 Å². The predicted octanol–water partition coefficient (Wildman–Crippen LogP) is 11.4. The Morgan fingerprint density at radius 3 is 1.80 bits per heavy atom. The minimum Gasteiger partial charge on any atom is -0.454 e. The zero-order valence-electron chi connectivity index (χ0n) is 24.3. The molecule has 3 nitrogen and oxygen atoms in total. The molecule has 0 fully saturated rings. The van der Waals surface area contributed by atoms with Crippen LogP contribution in [-0.4, -0.2) is 9.13 Å². The van der Waals surface area contributed by atoms with Gasteiger partial charge in [0.1, 0.15) is 5.58 Å². The molecule has 0 saturated carbocycles. The van der Waals surface area contributed by atoms with Crippen LogP contribution in [0.2, 0.25) is 0 Å². The van der Waals surface area contributed by atoms with Crippen molar-refractivity contribution in [2.24, 2.45) is 0 Å². The van der Waals surface area contributed by atoms with Crippen LogP contribution in [0.25, 0.3) is 88.1 Å². The first-order chi connectivity index (χ1) is 22.3. The van der Waals surface area contributed by atoms with Crippen molar-refractivity contribution in [3.8, 4) is 22.5 Å². The Bertz CT molecular complexity index is 2760. The summed E-state index contributed by atoms with van der Waals surface area (Å²) >= 11 is 0. The van der Waals surface area contributed by atoms with Gasteiger partial charge < -0.3 is 13.6 Å². The van der Waals surface area contributed by atoms with Gasteiger partial charge >= 0.3 is 0 Å². The molecule has 3 aromatic heterocycles. The number of benzene rings is 7. The van der Waals surface area contributed by atoms with Crippen LogP contribution in [0.1, 0.15) is 0 Å². The largest absolute Gasteiger partial charge is 0.454 e. The number of hydrogen-bond acceptors (Lipinski definition) is 1. The Balaban J connectivity index is 1.22. The van der Waals surface area contributed by atoms with Gasteiger partial charge in [0.25, 0.3) is 0 Å². The smallest absolute Gasteiger partial charge is 0.159 e. The summed E-state index contributed by atoms with van der Waals surface area (Å²) in [4.78, 5) is 0. The molecule has 10 aromatic rings. The van der Waals surface area contributed by atoms with E-state index in [0.29, 0.717) is 0 Å². The van der Waals surface area contributed by atoms with E-state index >= 15 is 0 Å². The first-order valence-corrected chi connectivity index (χ1v) is 15.4. The van der Waals surface area contributed by atoms with Crippen molar-refractivity contribution >= 4 is 65.6 Å². The third-order valence-electron chi connectivity index (χ3n) is 9.32. The number of nitrogens with zero attached hydrogens (tertiary/aromatic N) is 2. The van der Waals surface area contributed by atoms with Crippen molar-refractivity contribution in [3.05, 3.63) is 158 Å². The summed E-state index contributed by atoms with van der Waals surface area (Å²) in [5, 5.41) is 7.24. The van der Waals surface area contributed by atoms with Crippen LogP contribution in [0.3, 0.4) is 0 Å². The van der Waals surface area contributed by atoms with E-state index in [4.69, 9.17) is 4.42 Å². The van der Waals surface area contributed by atoms with Crippen molar-refractivity contribution < 1.29 is 4.42 Å². The standard InChI is InChI=1S/C42H26N2O/c1-2-11-29(12-3-1)43-36-17-7-4-13-30(36)32-23-21-28(26-40(32)43)27-22-24-38-35(25-27)31-14-5-8-18-37(31)44(38)39-19-10-16-34-33-15-6-9-20-41(33)45-42(34)39/h1-26H. The van der Waals surface area contributed by atoms with Crippen LogP contribution < -0.4 is 0 Å². The number of fused-ring (bicyclic) bond motifs is 9. The summed E-state index contributed by atoms with van der Waals surface area (Å²) in [6.45, 7) is 0. The molecule has 0 N–H and O–H groups in total. The van der Waals surface area contributed by atoms with E-state index in [0.717, 1.165) is 38.7 Å². The van der Waals surface area contributed by atoms with Gasteiger partial charge in [-0.1, -0.05) is 103 Å². The average Bonchev–Trinajstić information content (AvgIpc) is 3.76. The fraction of sp³-hybridized carbons (Fsp3) is 0. The lowest BCUT2D eigenvalue weighted by Crippen LogP contribution is -1.94. The Morgan fingerprint density at radius 1 is 0.356 bits per heavy atom. The van der Waals surface area contributed by atoms with Gasteiger partial charge in [-0.2, -0.15) is 0 Å². The van der Waals surface area contributed by atoms with E-state index in [-0.39, 0.29) is 0 Å². The van der Waals surface area contributed by atoms with E-state index in [9.17, 15) is 0 Å². The molecule has 7 aromatic carbocycles. The summed E-state index contributed by atoms with van der Waals surface area (Å²) < 4.78 is 11.2. The number of para-hydroxylation sites is 5. The fourth-order valence-electron chi connectivity index (χ4n) is 7.33. The Morgan fingerprint density at radius 2 is 0.956 bits per heavy atom. The highest BCUT2D eigenvalue weighted by atomic mass is 16.3. The summed E-state index contributed by atoms with van der Waals surface area (Å²) in [6.07, 6.45) is 0.